The predicted molar refractivity (Wildman–Crippen MR) is 104 cm³/mol. The van der Waals surface area contributed by atoms with Gasteiger partial charge in [0.05, 0.1) is 11.4 Å². The van der Waals surface area contributed by atoms with Crippen LogP contribution in [0.15, 0.2) is 42.5 Å². The molecule has 29 heavy (non-hydrogen) atoms. The highest BCUT2D eigenvalue weighted by molar-refractivity contribution is 5.93. The first-order valence-corrected chi connectivity index (χ1v) is 9.25. The zero-order valence-electron chi connectivity index (χ0n) is 15.8. The highest BCUT2D eigenvalue weighted by Gasteiger charge is 2.27. The lowest BCUT2D eigenvalue weighted by Crippen LogP contribution is -2.43. The van der Waals surface area contributed by atoms with Crippen LogP contribution in [0.25, 0.3) is 10.9 Å². The average Bonchev–Trinajstić information content (AvgIpc) is 3.16. The highest BCUT2D eigenvalue weighted by Crippen LogP contribution is 2.25. The van der Waals surface area contributed by atoms with Crippen LogP contribution in [0.4, 0.5) is 23.7 Å². The van der Waals surface area contributed by atoms with Gasteiger partial charge >= 0.3 is 6.03 Å². The summed E-state index contributed by atoms with van der Waals surface area (Å²) in [5.41, 5.74) is 1.65. The molecule has 1 aliphatic rings. The zero-order valence-corrected chi connectivity index (χ0v) is 15.8. The Morgan fingerprint density at radius 3 is 2.62 bits per heavy atom. The molecule has 150 valence electrons. The lowest BCUT2D eigenvalue weighted by Gasteiger charge is -2.28. The quantitative estimate of drug-likeness (QED) is 0.698. The smallest absolute Gasteiger partial charge is 0.305 e. The maximum Gasteiger partial charge on any atom is 0.336 e. The highest BCUT2D eigenvalue weighted by atomic mass is 19.2. The van der Waals surface area contributed by atoms with Gasteiger partial charge in [-0.25, -0.2) is 28.0 Å². The Hall–Kier alpha value is -3.13. The van der Waals surface area contributed by atoms with E-state index < -0.39 is 11.6 Å². The summed E-state index contributed by atoms with van der Waals surface area (Å²) >= 11 is 0. The monoisotopic (exact) mass is 400 g/mol. The van der Waals surface area contributed by atoms with Crippen LogP contribution in [-0.2, 0) is 6.54 Å². The van der Waals surface area contributed by atoms with Crippen molar-refractivity contribution < 1.29 is 18.0 Å². The number of carbonyl (C=O) groups is 1. The van der Waals surface area contributed by atoms with Gasteiger partial charge in [0.2, 0.25) is 0 Å². The molecule has 2 amide bonds. The molecule has 4 rings (SSSR count). The van der Waals surface area contributed by atoms with Gasteiger partial charge in [0.1, 0.15) is 11.3 Å². The minimum atomic E-state index is -1.01. The van der Waals surface area contributed by atoms with Gasteiger partial charge in [-0.1, -0.05) is 12.1 Å². The molecule has 0 unspecified atom stereocenters. The van der Waals surface area contributed by atoms with E-state index in [1.54, 1.807) is 30.1 Å². The van der Waals surface area contributed by atoms with Crippen molar-refractivity contribution in [2.75, 3.05) is 18.4 Å². The van der Waals surface area contributed by atoms with Crippen LogP contribution in [0.5, 0.6) is 0 Å². The largest absolute Gasteiger partial charge is 0.336 e. The number of nitrogens with one attached hydrogen (secondary N) is 1. The first-order chi connectivity index (χ1) is 13.9. The van der Waals surface area contributed by atoms with Crippen molar-refractivity contribution in [1.82, 2.24) is 15.0 Å². The first kappa shape index (κ1) is 19.2. The van der Waals surface area contributed by atoms with E-state index in [0.717, 1.165) is 18.1 Å². The topological polar surface area (TPSA) is 48.5 Å². The third-order valence-electron chi connectivity index (χ3n) is 4.95. The number of aryl methyl sites for hydroxylation is 1. The van der Waals surface area contributed by atoms with E-state index in [0.29, 0.717) is 36.4 Å². The molecular weight excluding hydrogens is 381 g/mol. The van der Waals surface area contributed by atoms with Crippen LogP contribution in [0.2, 0.25) is 0 Å². The number of anilines is 1. The second-order valence-electron chi connectivity index (χ2n) is 6.98. The molecule has 0 spiro atoms. The Bertz CT molecular complexity index is 1070. The number of amides is 2. The van der Waals surface area contributed by atoms with E-state index in [-0.39, 0.29) is 17.4 Å². The molecule has 0 aliphatic carbocycles. The summed E-state index contributed by atoms with van der Waals surface area (Å²) in [4.78, 5) is 16.9. The summed E-state index contributed by atoms with van der Waals surface area (Å²) in [6.07, 6.45) is 0.814. The van der Waals surface area contributed by atoms with Crippen LogP contribution in [0.1, 0.15) is 17.7 Å². The number of rotatable bonds is 3. The standard InChI is InChI=1S/C21H19F3N4O/c1-13-18(11-15-5-8-17(23)19(24)20(15)25-13)26-21(29)28-10-2-9-27(28)12-14-3-6-16(22)7-4-14/h3-8,11H,2,9-10,12H2,1H3,(H,26,29). The predicted octanol–water partition coefficient (Wildman–Crippen LogP) is 4.62. The molecule has 1 saturated heterocycles. The first-order valence-electron chi connectivity index (χ1n) is 9.25. The number of hydrogen-bond donors (Lipinski definition) is 1. The van der Waals surface area contributed by atoms with Gasteiger partial charge in [-0.3, -0.25) is 5.01 Å². The molecule has 0 atom stereocenters. The van der Waals surface area contributed by atoms with E-state index in [2.05, 4.69) is 10.3 Å². The SMILES string of the molecule is Cc1nc2c(F)c(F)ccc2cc1NC(=O)N1CCCN1Cc1ccc(F)cc1. The van der Waals surface area contributed by atoms with Crippen LogP contribution in [0.3, 0.4) is 0 Å². The van der Waals surface area contributed by atoms with Gasteiger partial charge in [0.15, 0.2) is 11.6 Å². The molecule has 2 aromatic carbocycles. The van der Waals surface area contributed by atoms with Crippen LogP contribution >= 0.6 is 0 Å². The summed E-state index contributed by atoms with van der Waals surface area (Å²) < 4.78 is 40.5. The van der Waals surface area contributed by atoms with E-state index in [4.69, 9.17) is 0 Å². The second-order valence-corrected chi connectivity index (χ2v) is 6.98. The summed E-state index contributed by atoms with van der Waals surface area (Å²) in [6, 6.07) is 9.86. The van der Waals surface area contributed by atoms with Crippen molar-refractivity contribution in [3.63, 3.8) is 0 Å². The van der Waals surface area contributed by atoms with Crippen LogP contribution in [0, 0.1) is 24.4 Å². The minimum absolute atomic E-state index is 0.0698. The van der Waals surface area contributed by atoms with Gasteiger partial charge in [0, 0.05) is 25.0 Å². The number of carbonyl (C=O) groups excluding carboxylic acids is 1. The molecule has 1 aromatic heterocycles. The lowest BCUT2D eigenvalue weighted by molar-refractivity contribution is 0.0625. The van der Waals surface area contributed by atoms with E-state index in [1.807, 2.05) is 5.01 Å². The van der Waals surface area contributed by atoms with Gasteiger partial charge in [-0.15, -0.1) is 0 Å². The number of fused-ring (bicyclic) bond motifs is 1. The van der Waals surface area contributed by atoms with E-state index in [9.17, 15) is 18.0 Å². The fraction of sp³-hybridized carbons (Fsp3) is 0.238. The van der Waals surface area contributed by atoms with Crippen molar-refractivity contribution >= 4 is 22.6 Å². The average molecular weight is 400 g/mol. The van der Waals surface area contributed by atoms with Crippen molar-refractivity contribution in [1.29, 1.82) is 0 Å². The van der Waals surface area contributed by atoms with Gasteiger partial charge in [-0.2, -0.15) is 0 Å². The number of aromatic nitrogens is 1. The van der Waals surface area contributed by atoms with Crippen molar-refractivity contribution in [2.24, 2.45) is 0 Å². The molecule has 1 aliphatic heterocycles. The summed E-state index contributed by atoms with van der Waals surface area (Å²) in [7, 11) is 0. The van der Waals surface area contributed by atoms with Crippen LogP contribution < -0.4 is 5.32 Å². The Morgan fingerprint density at radius 1 is 1.10 bits per heavy atom. The molecule has 5 nitrogen and oxygen atoms in total. The normalized spacial score (nSPS) is 14.6. The number of hydrogen-bond acceptors (Lipinski definition) is 3. The van der Waals surface area contributed by atoms with Gasteiger partial charge < -0.3 is 5.32 Å². The number of urea groups is 1. The maximum absolute atomic E-state index is 13.9. The summed E-state index contributed by atoms with van der Waals surface area (Å²) in [5, 5.41) is 6.69. The number of halogens is 3. The fourth-order valence-electron chi connectivity index (χ4n) is 3.44. The molecule has 3 aromatic rings. The summed E-state index contributed by atoms with van der Waals surface area (Å²) in [5.74, 6) is -2.27. The number of hydrazine groups is 1. The Balaban J connectivity index is 1.53. The molecule has 1 fully saturated rings. The Labute approximate surface area is 165 Å². The molecule has 1 N–H and O–H groups in total. The van der Waals surface area contributed by atoms with Crippen molar-refractivity contribution in [2.45, 2.75) is 19.9 Å². The van der Waals surface area contributed by atoms with Crippen molar-refractivity contribution in [3.05, 3.63) is 71.2 Å². The number of nitrogens with zero attached hydrogens (tertiary/aromatic N) is 3. The zero-order chi connectivity index (χ0) is 20.5. The fourth-order valence-corrected chi connectivity index (χ4v) is 3.44. The Morgan fingerprint density at radius 2 is 1.86 bits per heavy atom. The van der Waals surface area contributed by atoms with Gasteiger partial charge in [-0.05, 0) is 49.2 Å². The molecule has 0 radical (unpaired) electrons. The maximum atomic E-state index is 13.9. The minimum Gasteiger partial charge on any atom is -0.305 e. The van der Waals surface area contributed by atoms with Gasteiger partial charge in [0.25, 0.3) is 0 Å². The molecule has 0 saturated carbocycles. The molecule has 2 heterocycles. The second kappa shape index (κ2) is 7.71. The van der Waals surface area contributed by atoms with Crippen LogP contribution in [-0.4, -0.2) is 34.1 Å². The number of benzene rings is 2. The lowest BCUT2D eigenvalue weighted by atomic mass is 10.1. The van der Waals surface area contributed by atoms with E-state index in [1.165, 1.54) is 18.2 Å². The van der Waals surface area contributed by atoms with Crippen molar-refractivity contribution in [3.8, 4) is 0 Å². The third-order valence-corrected chi connectivity index (χ3v) is 4.95. The van der Waals surface area contributed by atoms with E-state index >= 15 is 0 Å². The number of pyridine rings is 1. The third kappa shape index (κ3) is 3.88. The molecule has 0 bridgehead atoms. The molecular formula is C21H19F3N4O. The summed E-state index contributed by atoms with van der Waals surface area (Å²) in [6.45, 7) is 3.35. The Kier molecular flexibility index (Phi) is 5.10. The molecule has 8 heteroatoms.